The summed E-state index contributed by atoms with van der Waals surface area (Å²) in [4.78, 5) is 0. The highest BCUT2D eigenvalue weighted by Gasteiger charge is 2.43. The van der Waals surface area contributed by atoms with Gasteiger partial charge in [-0.3, -0.25) is 0 Å². The van der Waals surface area contributed by atoms with E-state index in [-0.39, 0.29) is 0 Å². The molecular formula is C13H18O5. The number of benzene rings is 1. The first-order valence-corrected chi connectivity index (χ1v) is 5.91. The second-order valence-electron chi connectivity index (χ2n) is 4.66. The second-order valence-corrected chi connectivity index (χ2v) is 4.66. The maximum atomic E-state index is 9.95. The largest absolute Gasteiger partial charge is 0.394 e. The monoisotopic (exact) mass is 254 g/mol. The molecule has 5 nitrogen and oxygen atoms in total. The maximum absolute atomic E-state index is 9.95. The molecule has 100 valence electrons. The molecule has 1 fully saturated rings. The summed E-state index contributed by atoms with van der Waals surface area (Å²) in [5.74, 6) is 0. The lowest BCUT2D eigenvalue weighted by molar-refractivity contribution is -0.231. The van der Waals surface area contributed by atoms with E-state index in [0.29, 0.717) is 5.56 Å². The Morgan fingerprint density at radius 2 is 1.83 bits per heavy atom. The molecule has 1 aromatic carbocycles. The number of aryl methyl sites for hydroxylation is 1. The third kappa shape index (κ3) is 2.41. The van der Waals surface area contributed by atoms with E-state index in [1.165, 1.54) is 0 Å². The zero-order valence-corrected chi connectivity index (χ0v) is 10.1. The molecule has 1 aliphatic rings. The number of ether oxygens (including phenoxy) is 1. The van der Waals surface area contributed by atoms with Gasteiger partial charge in [-0.1, -0.05) is 29.8 Å². The highest BCUT2D eigenvalue weighted by molar-refractivity contribution is 5.26. The molecule has 0 amide bonds. The van der Waals surface area contributed by atoms with Gasteiger partial charge in [0.25, 0.3) is 0 Å². The fourth-order valence-electron chi connectivity index (χ4n) is 2.22. The van der Waals surface area contributed by atoms with Gasteiger partial charge < -0.3 is 25.2 Å². The van der Waals surface area contributed by atoms with Gasteiger partial charge in [-0.15, -0.1) is 0 Å². The van der Waals surface area contributed by atoms with Gasteiger partial charge in [-0.2, -0.15) is 0 Å². The Kier molecular flexibility index (Phi) is 3.99. The molecule has 0 aromatic heterocycles. The minimum absolute atomic E-state index is 0.409. The van der Waals surface area contributed by atoms with Crippen LogP contribution in [0.5, 0.6) is 0 Å². The maximum Gasteiger partial charge on any atom is 0.113 e. The van der Waals surface area contributed by atoms with Crippen molar-refractivity contribution >= 4 is 0 Å². The number of hydrogen-bond donors (Lipinski definition) is 4. The molecule has 18 heavy (non-hydrogen) atoms. The summed E-state index contributed by atoms with van der Waals surface area (Å²) < 4.78 is 5.46. The van der Waals surface area contributed by atoms with Crippen molar-refractivity contribution in [3.05, 3.63) is 35.4 Å². The number of rotatable bonds is 2. The van der Waals surface area contributed by atoms with Crippen LogP contribution in [0.4, 0.5) is 0 Å². The van der Waals surface area contributed by atoms with Crippen LogP contribution in [0.15, 0.2) is 24.3 Å². The van der Waals surface area contributed by atoms with Crippen LogP contribution in [0.2, 0.25) is 0 Å². The third-order valence-corrected chi connectivity index (χ3v) is 3.26. The third-order valence-electron chi connectivity index (χ3n) is 3.26. The van der Waals surface area contributed by atoms with Gasteiger partial charge in [-0.05, 0) is 12.5 Å². The van der Waals surface area contributed by atoms with Crippen LogP contribution in [0.1, 0.15) is 17.2 Å². The molecule has 0 spiro atoms. The lowest BCUT2D eigenvalue weighted by Crippen LogP contribution is -2.55. The van der Waals surface area contributed by atoms with Gasteiger partial charge >= 0.3 is 0 Å². The molecule has 0 unspecified atom stereocenters. The van der Waals surface area contributed by atoms with E-state index < -0.39 is 37.1 Å². The van der Waals surface area contributed by atoms with Crippen LogP contribution in [-0.4, -0.2) is 51.4 Å². The minimum Gasteiger partial charge on any atom is -0.394 e. The Morgan fingerprint density at radius 1 is 1.11 bits per heavy atom. The average Bonchev–Trinajstić information content (AvgIpc) is 2.36. The van der Waals surface area contributed by atoms with Gasteiger partial charge in [0, 0.05) is 0 Å². The van der Waals surface area contributed by atoms with Crippen molar-refractivity contribution < 1.29 is 25.2 Å². The summed E-state index contributed by atoms with van der Waals surface area (Å²) in [6.45, 7) is 1.50. The summed E-state index contributed by atoms with van der Waals surface area (Å²) in [6.07, 6.45) is -5.48. The zero-order valence-electron chi connectivity index (χ0n) is 10.1. The summed E-state index contributed by atoms with van der Waals surface area (Å²) in [7, 11) is 0. The summed E-state index contributed by atoms with van der Waals surface area (Å²) in [5.41, 5.74) is 1.72. The van der Waals surface area contributed by atoms with Crippen LogP contribution in [0.3, 0.4) is 0 Å². The van der Waals surface area contributed by atoms with Gasteiger partial charge in [0.15, 0.2) is 0 Å². The van der Waals surface area contributed by atoms with Gasteiger partial charge in [0.2, 0.25) is 0 Å². The van der Waals surface area contributed by atoms with Crippen LogP contribution < -0.4 is 0 Å². The minimum atomic E-state index is -1.33. The molecule has 1 heterocycles. The van der Waals surface area contributed by atoms with E-state index in [1.807, 2.05) is 25.1 Å². The Bertz CT molecular complexity index is 406. The topological polar surface area (TPSA) is 90.2 Å². The quantitative estimate of drug-likeness (QED) is 0.572. The Balaban J connectivity index is 2.27. The molecule has 2 rings (SSSR count). The first-order chi connectivity index (χ1) is 8.54. The van der Waals surface area contributed by atoms with Gasteiger partial charge in [0.05, 0.1) is 6.61 Å². The van der Waals surface area contributed by atoms with E-state index in [1.54, 1.807) is 6.07 Å². The molecule has 1 aromatic rings. The smallest absolute Gasteiger partial charge is 0.113 e. The van der Waals surface area contributed by atoms with Crippen LogP contribution in [-0.2, 0) is 4.74 Å². The van der Waals surface area contributed by atoms with Crippen molar-refractivity contribution in [2.45, 2.75) is 37.4 Å². The number of hydrogen-bond acceptors (Lipinski definition) is 5. The van der Waals surface area contributed by atoms with Crippen molar-refractivity contribution in [2.75, 3.05) is 6.61 Å². The molecule has 0 bridgehead atoms. The molecular weight excluding hydrogens is 236 g/mol. The molecule has 4 N–H and O–H groups in total. The Hall–Kier alpha value is -0.980. The van der Waals surface area contributed by atoms with Crippen molar-refractivity contribution in [2.24, 2.45) is 0 Å². The van der Waals surface area contributed by atoms with E-state index in [2.05, 4.69) is 0 Å². The lowest BCUT2D eigenvalue weighted by Gasteiger charge is -2.40. The summed E-state index contributed by atoms with van der Waals surface area (Å²) >= 11 is 0. The van der Waals surface area contributed by atoms with Crippen LogP contribution in [0.25, 0.3) is 0 Å². The SMILES string of the molecule is Cc1cccc([C@@H]2O[C@H](CO)[C@@H](O)[C@H](O)[C@H]2O)c1. The van der Waals surface area contributed by atoms with Crippen LogP contribution >= 0.6 is 0 Å². The number of aliphatic hydroxyl groups is 4. The predicted molar refractivity (Wildman–Crippen MR) is 63.9 cm³/mol. The van der Waals surface area contributed by atoms with E-state index in [9.17, 15) is 15.3 Å². The standard InChI is InChI=1S/C13H18O5/c1-7-3-2-4-8(5-7)13-12(17)11(16)10(15)9(6-14)18-13/h2-5,9-17H,6H2,1H3/t9-,10-,11+,12-,13+/m1/s1. The zero-order chi connectivity index (χ0) is 13.3. The lowest BCUT2D eigenvalue weighted by atomic mass is 9.91. The predicted octanol–water partition coefficient (Wildman–Crippen LogP) is -0.490. The molecule has 1 saturated heterocycles. The summed E-state index contributed by atoms with van der Waals surface area (Å²) in [6, 6.07) is 7.35. The fourth-order valence-corrected chi connectivity index (χ4v) is 2.22. The molecule has 5 atom stereocenters. The molecule has 0 radical (unpaired) electrons. The molecule has 0 aliphatic carbocycles. The van der Waals surface area contributed by atoms with Crippen molar-refractivity contribution in [1.29, 1.82) is 0 Å². The van der Waals surface area contributed by atoms with Crippen molar-refractivity contribution in [3.63, 3.8) is 0 Å². The first kappa shape index (κ1) is 13.5. The van der Waals surface area contributed by atoms with E-state index in [0.717, 1.165) is 5.56 Å². The van der Waals surface area contributed by atoms with Gasteiger partial charge in [0.1, 0.15) is 30.5 Å². The fraction of sp³-hybridized carbons (Fsp3) is 0.538. The average molecular weight is 254 g/mol. The Labute approximate surface area is 105 Å². The van der Waals surface area contributed by atoms with Crippen molar-refractivity contribution in [3.8, 4) is 0 Å². The Morgan fingerprint density at radius 3 is 2.44 bits per heavy atom. The van der Waals surface area contributed by atoms with Crippen molar-refractivity contribution in [1.82, 2.24) is 0 Å². The van der Waals surface area contributed by atoms with Gasteiger partial charge in [-0.25, -0.2) is 0 Å². The molecule has 5 heteroatoms. The second kappa shape index (κ2) is 5.34. The molecule has 1 aliphatic heterocycles. The highest BCUT2D eigenvalue weighted by Crippen LogP contribution is 2.32. The highest BCUT2D eigenvalue weighted by atomic mass is 16.5. The molecule has 0 saturated carbocycles. The van der Waals surface area contributed by atoms with E-state index in [4.69, 9.17) is 9.84 Å². The normalized spacial score (nSPS) is 36.6. The summed E-state index contributed by atoms with van der Waals surface area (Å²) in [5, 5.41) is 38.4. The van der Waals surface area contributed by atoms with E-state index >= 15 is 0 Å². The van der Waals surface area contributed by atoms with Crippen LogP contribution in [0, 0.1) is 6.92 Å². The number of aliphatic hydroxyl groups excluding tert-OH is 4. The first-order valence-electron chi connectivity index (χ1n) is 5.91.